The maximum atomic E-state index is 5.21. The van der Waals surface area contributed by atoms with Crippen LogP contribution in [0.1, 0.15) is 12.7 Å². The van der Waals surface area contributed by atoms with Crippen molar-refractivity contribution in [1.82, 2.24) is 14.9 Å². The molecule has 0 aliphatic rings. The molecule has 0 amide bonds. The predicted molar refractivity (Wildman–Crippen MR) is 48.3 cm³/mol. The smallest absolute Gasteiger partial charge is 0.122 e. The fourth-order valence-electron chi connectivity index (χ4n) is 0.870. The van der Waals surface area contributed by atoms with Crippen LogP contribution in [0.2, 0.25) is 0 Å². The number of hydrogen-bond donors (Lipinski definition) is 1. The summed E-state index contributed by atoms with van der Waals surface area (Å²) < 4.78 is 1.97. The number of hydrogen-bond acceptors (Lipinski definition) is 2. The first-order chi connectivity index (χ1) is 5.74. The summed E-state index contributed by atoms with van der Waals surface area (Å²) in [6.45, 7) is 2.66. The van der Waals surface area contributed by atoms with Gasteiger partial charge in [-0.25, -0.2) is 4.98 Å². The van der Waals surface area contributed by atoms with Crippen LogP contribution in [-0.2, 0) is 13.6 Å². The minimum Gasteiger partial charge on any atom is -0.337 e. The Kier molecular flexibility index (Phi) is 2.89. The minimum absolute atomic E-state index is 0.0988. The second-order valence-electron chi connectivity index (χ2n) is 2.72. The summed E-state index contributed by atoms with van der Waals surface area (Å²) >= 11 is 0. The standard InChI is InChI=1S/C9H13N3/c1-4-8(2)11-7-9-10-5-6-12(9)3/h1,5-6,8,11H,7H2,2-3H3. The Morgan fingerprint density at radius 2 is 2.58 bits per heavy atom. The predicted octanol–water partition coefficient (Wildman–Crippen LogP) is 0.531. The highest BCUT2D eigenvalue weighted by Gasteiger charge is 1.99. The Balaban J connectivity index is 2.44. The molecule has 1 unspecified atom stereocenters. The first-order valence-corrected chi connectivity index (χ1v) is 3.89. The van der Waals surface area contributed by atoms with Crippen LogP contribution in [0.25, 0.3) is 0 Å². The van der Waals surface area contributed by atoms with Crippen molar-refractivity contribution >= 4 is 0 Å². The Labute approximate surface area is 72.8 Å². The number of imidazole rings is 1. The fraction of sp³-hybridized carbons (Fsp3) is 0.444. The van der Waals surface area contributed by atoms with E-state index in [0.717, 1.165) is 12.4 Å². The molecule has 0 aromatic carbocycles. The van der Waals surface area contributed by atoms with Crippen molar-refractivity contribution in [3.8, 4) is 12.3 Å². The highest BCUT2D eigenvalue weighted by molar-refractivity contribution is 4.98. The third kappa shape index (κ3) is 2.11. The Bertz CT molecular complexity index is 282. The second-order valence-corrected chi connectivity index (χ2v) is 2.72. The molecule has 0 bridgehead atoms. The van der Waals surface area contributed by atoms with Crippen molar-refractivity contribution in [2.75, 3.05) is 0 Å². The average molecular weight is 163 g/mol. The fourth-order valence-corrected chi connectivity index (χ4v) is 0.870. The van der Waals surface area contributed by atoms with E-state index >= 15 is 0 Å². The molecule has 0 saturated heterocycles. The van der Waals surface area contributed by atoms with Crippen molar-refractivity contribution in [2.45, 2.75) is 19.5 Å². The van der Waals surface area contributed by atoms with Crippen molar-refractivity contribution in [1.29, 1.82) is 0 Å². The van der Waals surface area contributed by atoms with E-state index in [4.69, 9.17) is 6.42 Å². The first-order valence-electron chi connectivity index (χ1n) is 3.89. The molecule has 0 spiro atoms. The molecule has 0 radical (unpaired) electrons. The Hall–Kier alpha value is -1.27. The lowest BCUT2D eigenvalue weighted by Gasteiger charge is -2.06. The van der Waals surface area contributed by atoms with E-state index in [-0.39, 0.29) is 6.04 Å². The van der Waals surface area contributed by atoms with E-state index in [0.29, 0.717) is 0 Å². The third-order valence-corrected chi connectivity index (χ3v) is 1.74. The van der Waals surface area contributed by atoms with Gasteiger partial charge in [0.2, 0.25) is 0 Å². The monoisotopic (exact) mass is 163 g/mol. The molecular formula is C9H13N3. The van der Waals surface area contributed by atoms with Crippen molar-refractivity contribution in [3.63, 3.8) is 0 Å². The lowest BCUT2D eigenvalue weighted by Crippen LogP contribution is -2.25. The van der Waals surface area contributed by atoms with E-state index in [9.17, 15) is 0 Å². The third-order valence-electron chi connectivity index (χ3n) is 1.74. The molecule has 1 N–H and O–H groups in total. The van der Waals surface area contributed by atoms with Crippen molar-refractivity contribution < 1.29 is 0 Å². The van der Waals surface area contributed by atoms with E-state index in [1.807, 2.05) is 24.7 Å². The summed E-state index contributed by atoms with van der Waals surface area (Å²) in [5.74, 6) is 3.60. The number of nitrogens with one attached hydrogen (secondary N) is 1. The van der Waals surface area contributed by atoms with Gasteiger partial charge in [-0.3, -0.25) is 5.32 Å². The van der Waals surface area contributed by atoms with Gasteiger partial charge in [-0.2, -0.15) is 0 Å². The molecule has 1 heterocycles. The summed E-state index contributed by atoms with van der Waals surface area (Å²) in [5.41, 5.74) is 0. The first kappa shape index (κ1) is 8.82. The Morgan fingerprint density at radius 1 is 1.83 bits per heavy atom. The van der Waals surface area contributed by atoms with E-state index in [1.54, 1.807) is 6.20 Å². The van der Waals surface area contributed by atoms with Gasteiger partial charge < -0.3 is 4.57 Å². The minimum atomic E-state index is 0.0988. The average Bonchev–Trinajstić information content (AvgIpc) is 2.47. The van der Waals surface area contributed by atoms with Crippen LogP contribution >= 0.6 is 0 Å². The zero-order valence-electron chi connectivity index (χ0n) is 7.41. The normalized spacial score (nSPS) is 12.4. The van der Waals surface area contributed by atoms with Crippen LogP contribution in [0, 0.1) is 12.3 Å². The second kappa shape index (κ2) is 3.93. The quantitative estimate of drug-likeness (QED) is 0.659. The summed E-state index contributed by atoms with van der Waals surface area (Å²) in [4.78, 5) is 4.15. The van der Waals surface area contributed by atoms with Crippen LogP contribution in [0.5, 0.6) is 0 Å². The molecule has 0 aliphatic carbocycles. The van der Waals surface area contributed by atoms with Crippen LogP contribution in [0.15, 0.2) is 12.4 Å². The van der Waals surface area contributed by atoms with Gasteiger partial charge in [0.05, 0.1) is 12.6 Å². The van der Waals surface area contributed by atoms with Crippen LogP contribution in [-0.4, -0.2) is 15.6 Å². The SMILES string of the molecule is C#CC(C)NCc1nccn1C. The molecule has 0 saturated carbocycles. The highest BCUT2D eigenvalue weighted by atomic mass is 15.1. The molecule has 3 nitrogen and oxygen atoms in total. The number of aromatic nitrogens is 2. The molecule has 64 valence electrons. The summed E-state index contributed by atoms with van der Waals surface area (Å²) in [6, 6.07) is 0.0988. The number of rotatable bonds is 3. The number of aryl methyl sites for hydroxylation is 1. The van der Waals surface area contributed by atoms with Gasteiger partial charge in [0.25, 0.3) is 0 Å². The highest BCUT2D eigenvalue weighted by Crippen LogP contribution is 1.93. The summed E-state index contributed by atoms with van der Waals surface area (Å²) in [5, 5.41) is 3.16. The molecule has 12 heavy (non-hydrogen) atoms. The lowest BCUT2D eigenvalue weighted by molar-refractivity contribution is 0.607. The molecular weight excluding hydrogens is 150 g/mol. The molecule has 1 atom stereocenters. The molecule has 1 rings (SSSR count). The van der Waals surface area contributed by atoms with Crippen molar-refractivity contribution in [3.05, 3.63) is 18.2 Å². The zero-order chi connectivity index (χ0) is 8.97. The van der Waals surface area contributed by atoms with Crippen molar-refractivity contribution in [2.24, 2.45) is 7.05 Å². The lowest BCUT2D eigenvalue weighted by atomic mass is 10.3. The molecule has 3 heteroatoms. The van der Waals surface area contributed by atoms with Gasteiger partial charge in [-0.05, 0) is 6.92 Å². The Morgan fingerprint density at radius 3 is 3.08 bits per heavy atom. The van der Waals surface area contributed by atoms with E-state index in [1.165, 1.54) is 0 Å². The van der Waals surface area contributed by atoms with Gasteiger partial charge in [0.15, 0.2) is 0 Å². The van der Waals surface area contributed by atoms with Gasteiger partial charge in [0.1, 0.15) is 5.82 Å². The maximum absolute atomic E-state index is 5.21. The van der Waals surface area contributed by atoms with Crippen LogP contribution < -0.4 is 5.32 Å². The number of terminal acetylenes is 1. The van der Waals surface area contributed by atoms with Gasteiger partial charge in [-0.15, -0.1) is 6.42 Å². The molecule has 0 aliphatic heterocycles. The van der Waals surface area contributed by atoms with Gasteiger partial charge in [-0.1, -0.05) is 5.92 Å². The topological polar surface area (TPSA) is 29.9 Å². The van der Waals surface area contributed by atoms with Gasteiger partial charge >= 0.3 is 0 Å². The van der Waals surface area contributed by atoms with E-state index in [2.05, 4.69) is 16.2 Å². The summed E-state index contributed by atoms with van der Waals surface area (Å²) in [7, 11) is 1.96. The van der Waals surface area contributed by atoms with Crippen LogP contribution in [0.3, 0.4) is 0 Å². The zero-order valence-corrected chi connectivity index (χ0v) is 7.41. The maximum Gasteiger partial charge on any atom is 0.122 e. The van der Waals surface area contributed by atoms with Crippen LogP contribution in [0.4, 0.5) is 0 Å². The molecule has 0 fully saturated rings. The molecule has 1 aromatic heterocycles. The van der Waals surface area contributed by atoms with Gasteiger partial charge in [0, 0.05) is 19.4 Å². The largest absolute Gasteiger partial charge is 0.337 e. The molecule has 1 aromatic rings. The summed E-state index contributed by atoms with van der Waals surface area (Å²) in [6.07, 6.45) is 8.90. The number of nitrogens with zero attached hydrogens (tertiary/aromatic N) is 2. The van der Waals surface area contributed by atoms with E-state index < -0.39 is 0 Å².